The number of rotatable bonds is 5. The van der Waals surface area contributed by atoms with Gasteiger partial charge in [-0.25, -0.2) is 23.3 Å². The molecule has 1 atom stereocenters. The van der Waals surface area contributed by atoms with Crippen LogP contribution in [0.2, 0.25) is 0 Å². The Hall–Kier alpha value is -2.71. The largest absolute Gasteiger partial charge is 0.375 e. The molecule has 28 heavy (non-hydrogen) atoms. The summed E-state index contributed by atoms with van der Waals surface area (Å²) in [4.78, 5) is 17.5. The molecule has 0 saturated heterocycles. The van der Waals surface area contributed by atoms with E-state index in [1.807, 2.05) is 20.0 Å². The van der Waals surface area contributed by atoms with Gasteiger partial charge in [-0.2, -0.15) is 5.10 Å². The Kier molecular flexibility index (Phi) is 4.68. The Balaban J connectivity index is 1.64. The number of aryl methyl sites for hydroxylation is 1. The Morgan fingerprint density at radius 2 is 2.04 bits per heavy atom. The molecule has 0 bridgehead atoms. The lowest BCUT2D eigenvalue weighted by Crippen LogP contribution is -2.36. The summed E-state index contributed by atoms with van der Waals surface area (Å²) in [5, 5.41) is 7.79. The van der Waals surface area contributed by atoms with Crippen molar-refractivity contribution in [2.75, 3.05) is 6.67 Å². The molecule has 0 amide bonds. The molecule has 1 unspecified atom stereocenters. The molecule has 3 heterocycles. The molecule has 2 aromatic rings. The Morgan fingerprint density at radius 1 is 1.29 bits per heavy atom. The quantitative estimate of drug-likeness (QED) is 0.854. The summed E-state index contributed by atoms with van der Waals surface area (Å²) < 4.78 is 29.0. The van der Waals surface area contributed by atoms with Gasteiger partial charge in [-0.3, -0.25) is 9.98 Å². The first kappa shape index (κ1) is 18.6. The molecule has 1 saturated carbocycles. The van der Waals surface area contributed by atoms with E-state index >= 15 is 0 Å². The van der Waals surface area contributed by atoms with E-state index in [2.05, 4.69) is 36.9 Å². The summed E-state index contributed by atoms with van der Waals surface area (Å²) in [6.45, 7) is 8.24. The topological polar surface area (TPSA) is 79.8 Å². The van der Waals surface area contributed by atoms with Crippen molar-refractivity contribution < 1.29 is 8.78 Å². The lowest BCUT2D eigenvalue weighted by atomic mass is 9.81. The number of imidazole rings is 1. The van der Waals surface area contributed by atoms with Gasteiger partial charge in [0.25, 0.3) is 5.78 Å². The molecule has 1 fully saturated rings. The summed E-state index contributed by atoms with van der Waals surface area (Å²) >= 11 is 0. The number of alkyl halides is 2. The van der Waals surface area contributed by atoms with Gasteiger partial charge in [-0.05, 0) is 32.6 Å². The zero-order valence-electron chi connectivity index (χ0n) is 16.0. The number of allylic oxidation sites excluding steroid dienone is 1. The van der Waals surface area contributed by atoms with Gasteiger partial charge in [-0.1, -0.05) is 6.58 Å². The fourth-order valence-electron chi connectivity index (χ4n) is 3.84. The van der Waals surface area contributed by atoms with Gasteiger partial charge < -0.3 is 5.32 Å². The fourth-order valence-corrected chi connectivity index (χ4v) is 3.84. The number of fused-ring (bicyclic) bond motifs is 1. The van der Waals surface area contributed by atoms with Crippen molar-refractivity contribution in [2.45, 2.75) is 51.5 Å². The Bertz CT molecular complexity index is 966. The predicted octanol–water partition coefficient (Wildman–Crippen LogP) is 3.28. The van der Waals surface area contributed by atoms with Crippen LogP contribution in [0.25, 0.3) is 5.78 Å². The van der Waals surface area contributed by atoms with E-state index in [0.717, 1.165) is 22.8 Å². The van der Waals surface area contributed by atoms with Gasteiger partial charge in [-0.15, -0.1) is 0 Å². The summed E-state index contributed by atoms with van der Waals surface area (Å²) in [7, 11) is 0. The summed E-state index contributed by atoms with van der Waals surface area (Å²) in [5.41, 5.74) is 3.67. The van der Waals surface area contributed by atoms with Crippen LogP contribution in [0.5, 0.6) is 0 Å². The van der Waals surface area contributed by atoms with Crippen LogP contribution in [0.1, 0.15) is 50.0 Å². The van der Waals surface area contributed by atoms with E-state index in [1.165, 1.54) is 0 Å². The molecule has 0 radical (unpaired) electrons. The standard InChI is InChI=1S/C19H23F2N7/c1-11-8-22-18-26-15(9-28(18)27-11)17(14-4-6-19(20,21)7-5-14)25-13(3)16-12(2)23-10-24-16/h8-9,14,17,25H,3-7,10H2,1-2H3. The molecule has 4 rings (SSSR count). The van der Waals surface area contributed by atoms with E-state index in [-0.39, 0.29) is 24.8 Å². The minimum absolute atomic E-state index is 0.00151. The number of halogens is 2. The van der Waals surface area contributed by atoms with Crippen molar-refractivity contribution in [3.8, 4) is 0 Å². The van der Waals surface area contributed by atoms with E-state index < -0.39 is 5.92 Å². The molecule has 1 aliphatic carbocycles. The number of hydrogen-bond donors (Lipinski definition) is 1. The van der Waals surface area contributed by atoms with Crippen molar-refractivity contribution >= 4 is 17.2 Å². The second-order valence-corrected chi connectivity index (χ2v) is 7.50. The smallest absolute Gasteiger partial charge is 0.250 e. The van der Waals surface area contributed by atoms with Gasteiger partial charge in [0, 0.05) is 12.8 Å². The first-order valence-electron chi connectivity index (χ1n) is 9.41. The first-order chi connectivity index (χ1) is 13.3. The van der Waals surface area contributed by atoms with E-state index in [4.69, 9.17) is 0 Å². The minimum atomic E-state index is -2.59. The third-order valence-electron chi connectivity index (χ3n) is 5.37. The van der Waals surface area contributed by atoms with E-state index in [9.17, 15) is 8.78 Å². The van der Waals surface area contributed by atoms with Crippen molar-refractivity contribution in [1.82, 2.24) is 24.9 Å². The van der Waals surface area contributed by atoms with Gasteiger partial charge in [0.05, 0.1) is 41.2 Å². The number of nitrogens with one attached hydrogen (secondary N) is 1. The number of aliphatic imine (C=N–C) groups is 2. The van der Waals surface area contributed by atoms with Gasteiger partial charge in [0.15, 0.2) is 0 Å². The third kappa shape index (κ3) is 3.65. The molecule has 2 aliphatic rings. The number of aromatic nitrogens is 4. The van der Waals surface area contributed by atoms with Gasteiger partial charge in [0.2, 0.25) is 5.92 Å². The van der Waals surface area contributed by atoms with Crippen LogP contribution in [-0.4, -0.2) is 43.6 Å². The lowest BCUT2D eigenvalue weighted by molar-refractivity contribution is -0.0494. The highest BCUT2D eigenvalue weighted by molar-refractivity contribution is 6.48. The van der Waals surface area contributed by atoms with Crippen LogP contribution in [0, 0.1) is 12.8 Å². The van der Waals surface area contributed by atoms with Crippen molar-refractivity contribution in [1.29, 1.82) is 0 Å². The SMILES string of the molecule is C=C(NC(c1cn2nc(C)cnc2n1)C1CCC(F)(F)CC1)C1=NCN=C1C. The average molecular weight is 387 g/mol. The highest BCUT2D eigenvalue weighted by atomic mass is 19.3. The van der Waals surface area contributed by atoms with Crippen LogP contribution in [-0.2, 0) is 0 Å². The van der Waals surface area contributed by atoms with Gasteiger partial charge >= 0.3 is 0 Å². The zero-order chi connectivity index (χ0) is 19.9. The molecule has 9 heteroatoms. The highest BCUT2D eigenvalue weighted by Crippen LogP contribution is 2.41. The van der Waals surface area contributed by atoms with Crippen molar-refractivity contribution in [2.24, 2.45) is 15.9 Å². The lowest BCUT2D eigenvalue weighted by Gasteiger charge is -2.34. The maximum absolute atomic E-state index is 13.7. The number of hydrogen-bond acceptors (Lipinski definition) is 6. The second-order valence-electron chi connectivity index (χ2n) is 7.50. The minimum Gasteiger partial charge on any atom is -0.375 e. The van der Waals surface area contributed by atoms with Crippen LogP contribution in [0.4, 0.5) is 8.78 Å². The molecule has 0 spiro atoms. The second kappa shape index (κ2) is 7.03. The number of nitrogens with zero attached hydrogens (tertiary/aromatic N) is 6. The molecular weight excluding hydrogens is 364 g/mol. The highest BCUT2D eigenvalue weighted by Gasteiger charge is 2.39. The normalized spacial score (nSPS) is 20.7. The van der Waals surface area contributed by atoms with Crippen LogP contribution < -0.4 is 5.32 Å². The zero-order valence-corrected chi connectivity index (χ0v) is 16.0. The molecule has 148 valence electrons. The Labute approximate surface area is 161 Å². The predicted molar refractivity (Wildman–Crippen MR) is 103 cm³/mol. The summed E-state index contributed by atoms with van der Waals surface area (Å²) in [5.74, 6) is -2.10. The molecule has 7 nitrogen and oxygen atoms in total. The molecule has 0 aromatic carbocycles. The summed E-state index contributed by atoms with van der Waals surface area (Å²) in [6.07, 6.45) is 4.04. The van der Waals surface area contributed by atoms with Gasteiger partial charge in [0.1, 0.15) is 12.4 Å². The van der Waals surface area contributed by atoms with Crippen LogP contribution in [0.3, 0.4) is 0 Å². The maximum atomic E-state index is 13.7. The average Bonchev–Trinajstić information content (AvgIpc) is 3.25. The first-order valence-corrected chi connectivity index (χ1v) is 9.41. The van der Waals surface area contributed by atoms with E-state index in [1.54, 1.807) is 10.7 Å². The van der Waals surface area contributed by atoms with Crippen LogP contribution >= 0.6 is 0 Å². The fraction of sp³-hybridized carbons (Fsp3) is 0.526. The van der Waals surface area contributed by atoms with Crippen molar-refractivity contribution in [3.05, 3.63) is 36.1 Å². The maximum Gasteiger partial charge on any atom is 0.250 e. The molecule has 1 N–H and O–H groups in total. The Morgan fingerprint density at radius 3 is 2.71 bits per heavy atom. The van der Waals surface area contributed by atoms with Crippen LogP contribution in [0.15, 0.2) is 34.7 Å². The summed E-state index contributed by atoms with van der Waals surface area (Å²) in [6, 6.07) is -0.275. The molecule has 1 aliphatic heterocycles. The van der Waals surface area contributed by atoms with Crippen molar-refractivity contribution in [3.63, 3.8) is 0 Å². The molecule has 2 aromatic heterocycles. The molecular formula is C19H23F2N7. The third-order valence-corrected chi connectivity index (χ3v) is 5.37. The van der Waals surface area contributed by atoms with E-state index in [0.29, 0.717) is 31.0 Å². The monoisotopic (exact) mass is 387 g/mol.